The fraction of sp³-hybridized carbons (Fsp3) is 0.867. The van der Waals surface area contributed by atoms with Gasteiger partial charge in [0.15, 0.2) is 0 Å². The Balaban J connectivity index is 2.62. The van der Waals surface area contributed by atoms with Crippen molar-refractivity contribution in [3.63, 3.8) is 0 Å². The number of nitrogens with zero attached hydrogens (tertiary/aromatic N) is 2. The Morgan fingerprint density at radius 1 is 1.30 bits per heavy atom. The van der Waals surface area contributed by atoms with Crippen molar-refractivity contribution in [2.24, 2.45) is 5.41 Å². The quantitative estimate of drug-likeness (QED) is 0.763. The lowest BCUT2D eigenvalue weighted by Gasteiger charge is -2.40. The Hall–Kier alpha value is -1.26. The topological polar surface area (TPSA) is 60.9 Å². The molecular formula is C15H28N2O3. The van der Waals surface area contributed by atoms with Crippen LogP contribution in [-0.4, -0.2) is 53.6 Å². The van der Waals surface area contributed by atoms with Crippen molar-refractivity contribution in [3.8, 4) is 0 Å². The van der Waals surface area contributed by atoms with Crippen LogP contribution in [0, 0.1) is 5.41 Å². The number of piperidine rings is 1. The van der Waals surface area contributed by atoms with Crippen LogP contribution in [0.1, 0.15) is 52.4 Å². The molecule has 0 aliphatic carbocycles. The molecule has 0 spiro atoms. The molecule has 0 aromatic heterocycles. The Kier molecular flexibility index (Phi) is 6.30. The van der Waals surface area contributed by atoms with Crippen LogP contribution >= 0.6 is 0 Å². The summed E-state index contributed by atoms with van der Waals surface area (Å²) < 4.78 is 0. The molecule has 1 saturated heterocycles. The molecule has 1 N–H and O–H groups in total. The number of carboxylic acids is 1. The number of hydrogen-bond donors (Lipinski definition) is 1. The number of carbonyl (C=O) groups excluding carboxylic acids is 1. The number of carbonyl (C=O) groups is 2. The molecule has 20 heavy (non-hydrogen) atoms. The summed E-state index contributed by atoms with van der Waals surface area (Å²) in [5, 5.41) is 9.45. The standard InChI is InChI=1S/C15H28N2O3/c1-4-6-7-10-16(3)14(20)17-11-8-9-15(5-2,12-17)13(18)19/h4-12H2,1-3H3,(H,18,19). The van der Waals surface area contributed by atoms with Gasteiger partial charge in [0.25, 0.3) is 0 Å². The van der Waals surface area contributed by atoms with Crippen LogP contribution in [0.4, 0.5) is 4.79 Å². The molecular weight excluding hydrogens is 256 g/mol. The molecule has 116 valence electrons. The minimum atomic E-state index is -0.772. The average molecular weight is 284 g/mol. The Bertz CT molecular complexity index is 346. The largest absolute Gasteiger partial charge is 0.481 e. The van der Waals surface area contributed by atoms with E-state index in [4.69, 9.17) is 0 Å². The van der Waals surface area contributed by atoms with Crippen LogP contribution in [0.3, 0.4) is 0 Å². The monoisotopic (exact) mass is 284 g/mol. The van der Waals surface area contributed by atoms with Crippen LogP contribution in [0.25, 0.3) is 0 Å². The van der Waals surface area contributed by atoms with E-state index in [9.17, 15) is 14.7 Å². The van der Waals surface area contributed by atoms with Crippen LogP contribution in [0.2, 0.25) is 0 Å². The lowest BCUT2D eigenvalue weighted by Crippen LogP contribution is -2.52. The number of likely N-dealkylation sites (tertiary alicyclic amines) is 1. The molecule has 1 heterocycles. The van der Waals surface area contributed by atoms with Gasteiger partial charge in [-0.2, -0.15) is 0 Å². The number of amides is 2. The third kappa shape index (κ3) is 3.87. The maximum atomic E-state index is 12.4. The van der Waals surface area contributed by atoms with Gasteiger partial charge in [-0.25, -0.2) is 4.79 Å². The summed E-state index contributed by atoms with van der Waals surface area (Å²) in [5.41, 5.74) is -0.752. The van der Waals surface area contributed by atoms with E-state index in [1.807, 2.05) is 6.92 Å². The first-order valence-corrected chi connectivity index (χ1v) is 7.70. The Morgan fingerprint density at radius 2 is 2.00 bits per heavy atom. The maximum absolute atomic E-state index is 12.4. The van der Waals surface area contributed by atoms with Crippen molar-refractivity contribution >= 4 is 12.0 Å². The Morgan fingerprint density at radius 3 is 2.55 bits per heavy atom. The molecule has 0 aromatic rings. The van der Waals surface area contributed by atoms with E-state index in [-0.39, 0.29) is 6.03 Å². The lowest BCUT2D eigenvalue weighted by molar-refractivity contribution is -0.152. The molecule has 0 bridgehead atoms. The summed E-state index contributed by atoms with van der Waals surface area (Å²) in [6, 6.07) is -0.0279. The van der Waals surface area contributed by atoms with Gasteiger partial charge in [0.2, 0.25) is 0 Å². The van der Waals surface area contributed by atoms with Gasteiger partial charge < -0.3 is 14.9 Å². The molecule has 1 rings (SSSR count). The van der Waals surface area contributed by atoms with Crippen molar-refractivity contribution in [3.05, 3.63) is 0 Å². The van der Waals surface area contributed by atoms with Gasteiger partial charge in [-0.15, -0.1) is 0 Å². The fourth-order valence-corrected chi connectivity index (χ4v) is 2.85. The summed E-state index contributed by atoms with van der Waals surface area (Å²) >= 11 is 0. The predicted octanol–water partition coefficient (Wildman–Crippen LogP) is 2.81. The van der Waals surface area contributed by atoms with Gasteiger partial charge in [-0.3, -0.25) is 4.79 Å². The van der Waals surface area contributed by atoms with E-state index in [0.717, 1.165) is 32.2 Å². The number of carboxylic acid groups (broad SMARTS) is 1. The smallest absolute Gasteiger partial charge is 0.319 e. The van der Waals surface area contributed by atoms with Gasteiger partial charge in [-0.1, -0.05) is 26.7 Å². The molecule has 1 atom stereocenters. The zero-order chi connectivity index (χ0) is 15.2. The van der Waals surface area contributed by atoms with Crippen molar-refractivity contribution in [1.82, 2.24) is 9.80 Å². The molecule has 1 aliphatic rings. The van der Waals surface area contributed by atoms with Crippen LogP contribution in [0.15, 0.2) is 0 Å². The number of urea groups is 1. The second-order valence-corrected chi connectivity index (χ2v) is 5.88. The minimum absolute atomic E-state index is 0.0279. The number of aliphatic carboxylic acids is 1. The minimum Gasteiger partial charge on any atom is -0.481 e. The van der Waals surface area contributed by atoms with E-state index in [2.05, 4.69) is 6.92 Å². The molecule has 0 saturated carbocycles. The molecule has 2 amide bonds. The van der Waals surface area contributed by atoms with E-state index >= 15 is 0 Å². The average Bonchev–Trinajstić information content (AvgIpc) is 2.46. The predicted molar refractivity (Wildman–Crippen MR) is 78.7 cm³/mol. The summed E-state index contributed by atoms with van der Waals surface area (Å²) in [7, 11) is 1.81. The number of hydrogen-bond acceptors (Lipinski definition) is 2. The first-order valence-electron chi connectivity index (χ1n) is 7.70. The lowest BCUT2D eigenvalue weighted by atomic mass is 9.78. The fourth-order valence-electron chi connectivity index (χ4n) is 2.85. The zero-order valence-electron chi connectivity index (χ0n) is 13.0. The van der Waals surface area contributed by atoms with Crippen molar-refractivity contribution in [2.45, 2.75) is 52.4 Å². The molecule has 5 heteroatoms. The van der Waals surface area contributed by atoms with Crippen LogP contribution < -0.4 is 0 Å². The molecule has 0 radical (unpaired) electrons. The molecule has 5 nitrogen and oxygen atoms in total. The number of unbranched alkanes of at least 4 members (excludes halogenated alkanes) is 2. The van der Waals surface area contributed by atoms with Crippen LogP contribution in [0.5, 0.6) is 0 Å². The summed E-state index contributed by atoms with van der Waals surface area (Å²) in [6.07, 6.45) is 5.27. The van der Waals surface area contributed by atoms with E-state index in [1.54, 1.807) is 16.8 Å². The van der Waals surface area contributed by atoms with Gasteiger partial charge in [-0.05, 0) is 25.7 Å². The van der Waals surface area contributed by atoms with E-state index in [0.29, 0.717) is 25.9 Å². The van der Waals surface area contributed by atoms with E-state index < -0.39 is 11.4 Å². The third-order valence-electron chi connectivity index (χ3n) is 4.40. The molecule has 1 fully saturated rings. The summed E-state index contributed by atoms with van der Waals surface area (Å²) in [4.78, 5) is 27.3. The highest BCUT2D eigenvalue weighted by atomic mass is 16.4. The summed E-state index contributed by atoms with van der Waals surface area (Å²) in [5.74, 6) is -0.772. The van der Waals surface area contributed by atoms with Crippen molar-refractivity contribution in [2.75, 3.05) is 26.7 Å². The van der Waals surface area contributed by atoms with Crippen molar-refractivity contribution in [1.29, 1.82) is 0 Å². The van der Waals surface area contributed by atoms with Gasteiger partial charge >= 0.3 is 12.0 Å². The second kappa shape index (κ2) is 7.50. The molecule has 1 unspecified atom stereocenters. The first kappa shape index (κ1) is 16.8. The normalized spacial score (nSPS) is 22.6. The molecule has 1 aliphatic heterocycles. The first-order chi connectivity index (χ1) is 9.46. The summed E-state index contributed by atoms with van der Waals surface area (Å²) in [6.45, 7) is 5.79. The zero-order valence-corrected chi connectivity index (χ0v) is 13.0. The highest BCUT2D eigenvalue weighted by Gasteiger charge is 2.42. The SMILES string of the molecule is CCCCCN(C)C(=O)N1CCCC(CC)(C(=O)O)C1. The van der Waals surface area contributed by atoms with Gasteiger partial charge in [0.05, 0.1) is 5.41 Å². The second-order valence-electron chi connectivity index (χ2n) is 5.88. The highest BCUT2D eigenvalue weighted by Crippen LogP contribution is 2.34. The number of rotatable bonds is 6. The van der Waals surface area contributed by atoms with Gasteiger partial charge in [0, 0.05) is 26.7 Å². The highest BCUT2D eigenvalue weighted by molar-refractivity contribution is 5.78. The van der Waals surface area contributed by atoms with E-state index in [1.165, 1.54) is 0 Å². The maximum Gasteiger partial charge on any atom is 0.319 e. The van der Waals surface area contributed by atoms with Gasteiger partial charge in [0.1, 0.15) is 0 Å². The van der Waals surface area contributed by atoms with Crippen LogP contribution in [-0.2, 0) is 4.79 Å². The third-order valence-corrected chi connectivity index (χ3v) is 4.40. The molecule has 0 aromatic carbocycles. The Labute approximate surface area is 121 Å². The van der Waals surface area contributed by atoms with Crippen molar-refractivity contribution < 1.29 is 14.7 Å².